The van der Waals surface area contributed by atoms with E-state index in [1.54, 1.807) is 0 Å². The minimum Gasteiger partial charge on any atom is -0.310 e. The Morgan fingerprint density at radius 3 is 2.50 bits per heavy atom. The van der Waals surface area contributed by atoms with Crippen molar-refractivity contribution >= 4 is 23.2 Å². The topological polar surface area (TPSA) is 12.0 Å². The molecule has 0 aliphatic carbocycles. The van der Waals surface area contributed by atoms with Crippen molar-refractivity contribution in [2.24, 2.45) is 5.92 Å². The van der Waals surface area contributed by atoms with Gasteiger partial charge in [0.25, 0.3) is 0 Å². The SMILES string of the molecule is CCCC(C)CC(NCC)c1ccc(Cl)cc1Cl. The molecule has 0 aliphatic rings. The maximum absolute atomic E-state index is 6.30. The van der Waals surface area contributed by atoms with Gasteiger partial charge in [0.2, 0.25) is 0 Å². The number of hydrogen-bond acceptors (Lipinski definition) is 1. The molecule has 1 aromatic rings. The first-order chi connectivity index (χ1) is 8.58. The average Bonchev–Trinajstić information content (AvgIpc) is 2.29. The average molecular weight is 288 g/mol. The first kappa shape index (κ1) is 15.8. The molecule has 1 aromatic carbocycles. The zero-order valence-electron chi connectivity index (χ0n) is 11.5. The van der Waals surface area contributed by atoms with Gasteiger partial charge < -0.3 is 5.32 Å². The van der Waals surface area contributed by atoms with E-state index in [1.165, 1.54) is 12.8 Å². The van der Waals surface area contributed by atoms with Crippen molar-refractivity contribution in [3.05, 3.63) is 33.8 Å². The van der Waals surface area contributed by atoms with Crippen LogP contribution in [0, 0.1) is 5.92 Å². The molecule has 1 N–H and O–H groups in total. The van der Waals surface area contributed by atoms with Gasteiger partial charge >= 0.3 is 0 Å². The van der Waals surface area contributed by atoms with Gasteiger partial charge in [-0.15, -0.1) is 0 Å². The van der Waals surface area contributed by atoms with Crippen molar-refractivity contribution in [1.82, 2.24) is 5.32 Å². The van der Waals surface area contributed by atoms with Crippen LogP contribution in [0.1, 0.15) is 51.6 Å². The van der Waals surface area contributed by atoms with Crippen LogP contribution in [0.5, 0.6) is 0 Å². The highest BCUT2D eigenvalue weighted by atomic mass is 35.5. The third-order valence-electron chi connectivity index (χ3n) is 3.21. The number of rotatable bonds is 7. The van der Waals surface area contributed by atoms with Gasteiger partial charge in [0.15, 0.2) is 0 Å². The van der Waals surface area contributed by atoms with Gasteiger partial charge in [-0.3, -0.25) is 0 Å². The van der Waals surface area contributed by atoms with Crippen LogP contribution in [0.3, 0.4) is 0 Å². The fourth-order valence-electron chi connectivity index (χ4n) is 2.36. The summed E-state index contributed by atoms with van der Waals surface area (Å²) in [5, 5.41) is 4.98. The van der Waals surface area contributed by atoms with Gasteiger partial charge in [-0.25, -0.2) is 0 Å². The van der Waals surface area contributed by atoms with Gasteiger partial charge in [-0.2, -0.15) is 0 Å². The van der Waals surface area contributed by atoms with E-state index in [1.807, 2.05) is 18.2 Å². The highest BCUT2D eigenvalue weighted by Gasteiger charge is 2.16. The summed E-state index contributed by atoms with van der Waals surface area (Å²) in [6, 6.07) is 6.10. The molecule has 0 aromatic heterocycles. The second kappa shape index (κ2) is 8.04. The number of halogens is 2. The second-order valence-corrected chi connectivity index (χ2v) is 5.75. The predicted molar refractivity (Wildman–Crippen MR) is 81.6 cm³/mol. The van der Waals surface area contributed by atoms with E-state index in [0.29, 0.717) is 17.0 Å². The highest BCUT2D eigenvalue weighted by molar-refractivity contribution is 6.35. The lowest BCUT2D eigenvalue weighted by atomic mass is 9.93. The highest BCUT2D eigenvalue weighted by Crippen LogP contribution is 2.30. The normalized spacial score (nSPS) is 14.5. The Morgan fingerprint density at radius 2 is 1.94 bits per heavy atom. The molecule has 1 nitrogen and oxygen atoms in total. The second-order valence-electron chi connectivity index (χ2n) is 4.91. The summed E-state index contributed by atoms with van der Waals surface area (Å²) < 4.78 is 0. The molecule has 18 heavy (non-hydrogen) atoms. The molecule has 0 saturated carbocycles. The van der Waals surface area contributed by atoms with Gasteiger partial charge in [-0.1, -0.05) is 62.9 Å². The molecule has 0 saturated heterocycles. The van der Waals surface area contributed by atoms with Crippen molar-refractivity contribution < 1.29 is 0 Å². The molecule has 102 valence electrons. The summed E-state index contributed by atoms with van der Waals surface area (Å²) in [4.78, 5) is 0. The molecule has 0 aliphatic heterocycles. The monoisotopic (exact) mass is 287 g/mol. The molecule has 0 bridgehead atoms. The van der Waals surface area contributed by atoms with E-state index in [4.69, 9.17) is 23.2 Å². The molecule has 0 amide bonds. The summed E-state index contributed by atoms with van der Waals surface area (Å²) in [6.45, 7) is 7.61. The van der Waals surface area contributed by atoms with E-state index in [9.17, 15) is 0 Å². The first-order valence-electron chi connectivity index (χ1n) is 6.76. The molecule has 0 heterocycles. The van der Waals surface area contributed by atoms with E-state index in [0.717, 1.165) is 23.6 Å². The standard InChI is InChI=1S/C15H23Cl2N/c1-4-6-11(3)9-15(18-5-2)13-8-7-12(16)10-14(13)17/h7-8,10-11,15,18H,4-6,9H2,1-3H3. The van der Waals surface area contributed by atoms with E-state index in [2.05, 4.69) is 26.1 Å². The fraction of sp³-hybridized carbons (Fsp3) is 0.600. The minimum absolute atomic E-state index is 0.321. The van der Waals surface area contributed by atoms with Gasteiger partial charge in [0, 0.05) is 16.1 Å². The van der Waals surface area contributed by atoms with Crippen LogP contribution in [-0.2, 0) is 0 Å². The van der Waals surface area contributed by atoms with Crippen LogP contribution < -0.4 is 5.32 Å². The first-order valence-corrected chi connectivity index (χ1v) is 7.52. The zero-order chi connectivity index (χ0) is 13.5. The maximum atomic E-state index is 6.30. The minimum atomic E-state index is 0.321. The van der Waals surface area contributed by atoms with E-state index in [-0.39, 0.29) is 0 Å². The van der Waals surface area contributed by atoms with Crippen LogP contribution >= 0.6 is 23.2 Å². The van der Waals surface area contributed by atoms with E-state index < -0.39 is 0 Å². The lowest BCUT2D eigenvalue weighted by Gasteiger charge is -2.23. The Hall–Kier alpha value is -0.240. The number of nitrogens with one attached hydrogen (secondary N) is 1. The lowest BCUT2D eigenvalue weighted by molar-refractivity contribution is 0.395. The zero-order valence-corrected chi connectivity index (χ0v) is 13.0. The molecule has 2 atom stereocenters. The summed E-state index contributed by atoms with van der Waals surface area (Å²) >= 11 is 12.2. The molecule has 3 heteroatoms. The van der Waals surface area contributed by atoms with Crippen LogP contribution in [-0.4, -0.2) is 6.54 Å². The molecule has 0 radical (unpaired) electrons. The van der Waals surface area contributed by atoms with Gasteiger partial charge in [-0.05, 0) is 36.6 Å². The van der Waals surface area contributed by atoms with Crippen LogP contribution in [0.4, 0.5) is 0 Å². The molecular formula is C15H23Cl2N. The lowest BCUT2D eigenvalue weighted by Crippen LogP contribution is -2.23. The quantitative estimate of drug-likeness (QED) is 0.701. The van der Waals surface area contributed by atoms with Gasteiger partial charge in [0.1, 0.15) is 0 Å². The van der Waals surface area contributed by atoms with Crippen molar-refractivity contribution in [2.45, 2.75) is 46.1 Å². The smallest absolute Gasteiger partial charge is 0.0468 e. The van der Waals surface area contributed by atoms with Crippen LogP contribution in [0.15, 0.2) is 18.2 Å². The van der Waals surface area contributed by atoms with Crippen LogP contribution in [0.25, 0.3) is 0 Å². The summed E-state index contributed by atoms with van der Waals surface area (Å²) in [6.07, 6.45) is 3.60. The van der Waals surface area contributed by atoms with Crippen molar-refractivity contribution in [3.63, 3.8) is 0 Å². The maximum Gasteiger partial charge on any atom is 0.0468 e. The fourth-order valence-corrected chi connectivity index (χ4v) is 2.90. The Kier molecular flexibility index (Phi) is 7.06. The predicted octanol–water partition coefficient (Wildman–Crippen LogP) is 5.47. The Labute approximate surface area is 121 Å². The van der Waals surface area contributed by atoms with Crippen LogP contribution in [0.2, 0.25) is 10.0 Å². The summed E-state index contributed by atoms with van der Waals surface area (Å²) in [5.41, 5.74) is 1.16. The summed E-state index contributed by atoms with van der Waals surface area (Å²) in [7, 11) is 0. The van der Waals surface area contributed by atoms with Gasteiger partial charge in [0.05, 0.1) is 0 Å². The Bertz CT molecular complexity index is 366. The van der Waals surface area contributed by atoms with Crippen molar-refractivity contribution in [3.8, 4) is 0 Å². The molecule has 0 spiro atoms. The molecular weight excluding hydrogens is 265 g/mol. The van der Waals surface area contributed by atoms with Crippen molar-refractivity contribution in [2.75, 3.05) is 6.54 Å². The molecule has 2 unspecified atom stereocenters. The third-order valence-corrected chi connectivity index (χ3v) is 3.77. The number of hydrogen-bond donors (Lipinski definition) is 1. The Balaban J connectivity index is 2.82. The Morgan fingerprint density at radius 1 is 1.22 bits per heavy atom. The molecule has 1 rings (SSSR count). The van der Waals surface area contributed by atoms with E-state index >= 15 is 0 Å². The third kappa shape index (κ3) is 4.79. The largest absolute Gasteiger partial charge is 0.310 e. The number of benzene rings is 1. The molecule has 0 fully saturated rings. The summed E-state index contributed by atoms with van der Waals surface area (Å²) in [5.74, 6) is 0.700. The van der Waals surface area contributed by atoms with Crippen molar-refractivity contribution in [1.29, 1.82) is 0 Å².